The predicted molar refractivity (Wildman–Crippen MR) is 76.8 cm³/mol. The van der Waals surface area contributed by atoms with Crippen molar-refractivity contribution in [1.29, 1.82) is 0 Å². The second-order valence-electron chi connectivity index (χ2n) is 3.93. The molecule has 19 heavy (non-hydrogen) atoms. The molecule has 0 atom stereocenters. The number of benzene rings is 1. The Morgan fingerprint density at radius 1 is 1.32 bits per heavy atom. The van der Waals surface area contributed by atoms with Gasteiger partial charge in [0.05, 0.1) is 14.2 Å². The van der Waals surface area contributed by atoms with Gasteiger partial charge in [0.2, 0.25) is 0 Å². The maximum atomic E-state index is 5.62. The molecule has 2 rings (SSSR count). The zero-order valence-electron chi connectivity index (χ0n) is 10.8. The van der Waals surface area contributed by atoms with Gasteiger partial charge < -0.3 is 19.8 Å². The minimum atomic E-state index is 0.283. The molecule has 0 amide bonds. The standard InChI is InChI=1S/C13H15N3O2S/c1-17-10-4-3-9(7-11(10)18-2)8-16-6-5-15-13(16)12(14)19/h3-7H,8H2,1-2H3,(H2,14,19). The Labute approximate surface area is 117 Å². The molecule has 0 spiro atoms. The monoisotopic (exact) mass is 277 g/mol. The smallest absolute Gasteiger partial charge is 0.167 e. The summed E-state index contributed by atoms with van der Waals surface area (Å²) in [6.45, 7) is 0.618. The molecule has 0 aliphatic carbocycles. The number of aromatic nitrogens is 2. The number of ether oxygens (including phenoxy) is 2. The molecule has 1 aromatic carbocycles. The van der Waals surface area contributed by atoms with Crippen LogP contribution in [0.1, 0.15) is 11.4 Å². The van der Waals surface area contributed by atoms with Gasteiger partial charge >= 0.3 is 0 Å². The molecule has 2 N–H and O–H groups in total. The van der Waals surface area contributed by atoms with Crippen molar-refractivity contribution < 1.29 is 9.47 Å². The maximum Gasteiger partial charge on any atom is 0.167 e. The summed E-state index contributed by atoms with van der Waals surface area (Å²) in [5.41, 5.74) is 6.67. The van der Waals surface area contributed by atoms with Crippen LogP contribution in [0.2, 0.25) is 0 Å². The number of methoxy groups -OCH3 is 2. The molecular formula is C13H15N3O2S. The Morgan fingerprint density at radius 3 is 2.68 bits per heavy atom. The normalized spacial score (nSPS) is 10.2. The van der Waals surface area contributed by atoms with Crippen molar-refractivity contribution in [1.82, 2.24) is 9.55 Å². The van der Waals surface area contributed by atoms with Crippen LogP contribution in [-0.2, 0) is 6.54 Å². The number of rotatable bonds is 5. The third kappa shape index (κ3) is 2.85. The molecule has 0 aliphatic rings. The molecule has 0 unspecified atom stereocenters. The summed E-state index contributed by atoms with van der Waals surface area (Å²) in [7, 11) is 3.22. The van der Waals surface area contributed by atoms with Crippen LogP contribution < -0.4 is 15.2 Å². The number of nitrogens with zero attached hydrogens (tertiary/aromatic N) is 2. The molecule has 6 heteroatoms. The third-order valence-electron chi connectivity index (χ3n) is 2.74. The van der Waals surface area contributed by atoms with Crippen LogP contribution >= 0.6 is 12.2 Å². The number of imidazole rings is 1. The van der Waals surface area contributed by atoms with E-state index in [4.69, 9.17) is 27.4 Å². The van der Waals surface area contributed by atoms with Gasteiger partial charge in [-0.15, -0.1) is 0 Å². The summed E-state index contributed by atoms with van der Waals surface area (Å²) in [6.07, 6.45) is 3.51. The van der Waals surface area contributed by atoms with E-state index in [-0.39, 0.29) is 4.99 Å². The van der Waals surface area contributed by atoms with Crippen molar-refractivity contribution in [3.63, 3.8) is 0 Å². The van der Waals surface area contributed by atoms with Gasteiger partial charge in [0, 0.05) is 18.9 Å². The van der Waals surface area contributed by atoms with E-state index in [0.717, 1.165) is 5.56 Å². The fourth-order valence-corrected chi connectivity index (χ4v) is 2.01. The number of nitrogens with two attached hydrogens (primary N) is 1. The summed E-state index contributed by atoms with van der Waals surface area (Å²) in [5.74, 6) is 1.99. The highest BCUT2D eigenvalue weighted by molar-refractivity contribution is 7.80. The molecule has 100 valence electrons. The summed E-state index contributed by atoms with van der Waals surface area (Å²) in [6, 6.07) is 5.75. The van der Waals surface area contributed by atoms with Crippen LogP contribution in [-0.4, -0.2) is 28.8 Å². The van der Waals surface area contributed by atoms with Crippen LogP contribution in [0, 0.1) is 0 Å². The lowest BCUT2D eigenvalue weighted by atomic mass is 10.2. The summed E-state index contributed by atoms with van der Waals surface area (Å²) < 4.78 is 12.4. The van der Waals surface area contributed by atoms with E-state index in [2.05, 4.69) is 4.98 Å². The lowest BCUT2D eigenvalue weighted by Crippen LogP contribution is -2.17. The van der Waals surface area contributed by atoms with Crippen molar-refractivity contribution in [2.45, 2.75) is 6.54 Å². The van der Waals surface area contributed by atoms with E-state index in [1.54, 1.807) is 20.4 Å². The predicted octanol–water partition coefficient (Wildman–Crippen LogP) is 1.58. The van der Waals surface area contributed by atoms with Gasteiger partial charge in [-0.05, 0) is 17.7 Å². The Morgan fingerprint density at radius 2 is 2.05 bits per heavy atom. The number of hydrogen-bond donors (Lipinski definition) is 1. The first-order valence-electron chi connectivity index (χ1n) is 5.67. The Kier molecular flexibility index (Phi) is 4.01. The van der Waals surface area contributed by atoms with Crippen molar-refractivity contribution in [2.75, 3.05) is 14.2 Å². The summed E-state index contributed by atoms with van der Waals surface area (Å²) >= 11 is 4.96. The third-order valence-corrected chi connectivity index (χ3v) is 2.92. The molecule has 1 heterocycles. The average molecular weight is 277 g/mol. The minimum absolute atomic E-state index is 0.283. The second kappa shape index (κ2) is 5.71. The topological polar surface area (TPSA) is 62.3 Å². The first-order chi connectivity index (χ1) is 9.15. The molecule has 0 radical (unpaired) electrons. The highest BCUT2D eigenvalue weighted by Gasteiger charge is 2.08. The zero-order valence-corrected chi connectivity index (χ0v) is 11.6. The Bertz CT molecular complexity index is 595. The van der Waals surface area contributed by atoms with Crippen LogP contribution in [0.4, 0.5) is 0 Å². The van der Waals surface area contributed by atoms with Gasteiger partial charge in [-0.25, -0.2) is 4.98 Å². The molecule has 1 aromatic heterocycles. The number of thiocarbonyl (C=S) groups is 1. The van der Waals surface area contributed by atoms with Crippen molar-refractivity contribution in [2.24, 2.45) is 5.73 Å². The van der Waals surface area contributed by atoms with Gasteiger partial charge in [0.1, 0.15) is 4.99 Å². The van der Waals surface area contributed by atoms with Crippen molar-refractivity contribution >= 4 is 17.2 Å². The molecule has 0 saturated carbocycles. The minimum Gasteiger partial charge on any atom is -0.493 e. The molecular weight excluding hydrogens is 262 g/mol. The van der Waals surface area contributed by atoms with E-state index in [9.17, 15) is 0 Å². The van der Waals surface area contributed by atoms with E-state index in [0.29, 0.717) is 23.9 Å². The lowest BCUT2D eigenvalue weighted by molar-refractivity contribution is 0.354. The zero-order chi connectivity index (χ0) is 13.8. The highest BCUT2D eigenvalue weighted by Crippen LogP contribution is 2.27. The van der Waals surface area contributed by atoms with Gasteiger partial charge in [-0.2, -0.15) is 0 Å². The molecule has 0 saturated heterocycles. The Hall–Kier alpha value is -2.08. The fraction of sp³-hybridized carbons (Fsp3) is 0.231. The average Bonchev–Trinajstić information content (AvgIpc) is 2.87. The molecule has 5 nitrogen and oxygen atoms in total. The van der Waals surface area contributed by atoms with E-state index in [1.165, 1.54) is 0 Å². The van der Waals surface area contributed by atoms with Crippen LogP contribution in [0.25, 0.3) is 0 Å². The summed E-state index contributed by atoms with van der Waals surface area (Å²) in [5, 5.41) is 0. The van der Waals surface area contributed by atoms with Gasteiger partial charge in [-0.3, -0.25) is 0 Å². The molecule has 0 aliphatic heterocycles. The van der Waals surface area contributed by atoms with Crippen LogP contribution in [0.5, 0.6) is 11.5 Å². The molecule has 0 fully saturated rings. The van der Waals surface area contributed by atoms with E-state index in [1.807, 2.05) is 29.0 Å². The molecule has 0 bridgehead atoms. The lowest BCUT2D eigenvalue weighted by Gasteiger charge is -2.11. The fourth-order valence-electron chi connectivity index (χ4n) is 1.84. The van der Waals surface area contributed by atoms with E-state index < -0.39 is 0 Å². The second-order valence-corrected chi connectivity index (χ2v) is 4.37. The maximum absolute atomic E-state index is 5.62. The van der Waals surface area contributed by atoms with Gasteiger partial charge in [0.25, 0.3) is 0 Å². The molecule has 2 aromatic rings. The van der Waals surface area contributed by atoms with Crippen LogP contribution in [0.15, 0.2) is 30.6 Å². The SMILES string of the molecule is COc1ccc(Cn2ccnc2C(N)=S)cc1OC. The number of hydrogen-bond acceptors (Lipinski definition) is 4. The highest BCUT2D eigenvalue weighted by atomic mass is 32.1. The largest absolute Gasteiger partial charge is 0.493 e. The van der Waals surface area contributed by atoms with Crippen molar-refractivity contribution in [3.8, 4) is 11.5 Å². The van der Waals surface area contributed by atoms with Gasteiger partial charge in [-0.1, -0.05) is 18.3 Å². The first kappa shape index (κ1) is 13.4. The first-order valence-corrected chi connectivity index (χ1v) is 6.08. The van der Waals surface area contributed by atoms with Crippen LogP contribution in [0.3, 0.4) is 0 Å². The summed E-state index contributed by atoms with van der Waals surface area (Å²) in [4.78, 5) is 4.41. The van der Waals surface area contributed by atoms with Crippen molar-refractivity contribution in [3.05, 3.63) is 42.0 Å². The quantitative estimate of drug-likeness (QED) is 0.841. The van der Waals surface area contributed by atoms with Gasteiger partial charge in [0.15, 0.2) is 17.3 Å². The van der Waals surface area contributed by atoms with E-state index >= 15 is 0 Å². The Balaban J connectivity index is 2.28.